The van der Waals surface area contributed by atoms with Crippen LogP contribution in [0.4, 0.5) is 11.4 Å². The summed E-state index contributed by atoms with van der Waals surface area (Å²) in [5, 5.41) is 1.31. The molecule has 0 N–H and O–H groups in total. The Morgan fingerprint density at radius 2 is 1.17 bits per heavy atom. The zero-order valence-electron chi connectivity index (χ0n) is 13.2. The van der Waals surface area contributed by atoms with E-state index in [2.05, 4.69) is 0 Å². The fourth-order valence-corrected chi connectivity index (χ4v) is 3.13. The Bertz CT molecular complexity index is 853. The minimum atomic E-state index is -3.95. The van der Waals surface area contributed by atoms with E-state index in [0.717, 1.165) is 5.56 Å². The Morgan fingerprint density at radius 1 is 0.708 bits per heavy atom. The average Bonchev–Trinajstić information content (AvgIpc) is 2.62. The summed E-state index contributed by atoms with van der Waals surface area (Å²) in [6, 6.07) is 24.8. The summed E-state index contributed by atoms with van der Waals surface area (Å²) < 4.78 is 30.7. The quantitative estimate of drug-likeness (QED) is 0.644. The van der Waals surface area contributed by atoms with Crippen molar-refractivity contribution in [3.8, 4) is 0 Å². The molecule has 0 radical (unpaired) electrons. The van der Waals surface area contributed by atoms with Crippen molar-refractivity contribution in [2.24, 2.45) is 0 Å². The highest BCUT2D eigenvalue weighted by molar-refractivity contribution is 7.86. The molecule has 3 rings (SSSR count). The van der Waals surface area contributed by atoms with E-state index in [-0.39, 0.29) is 4.90 Å². The van der Waals surface area contributed by atoms with Gasteiger partial charge < -0.3 is 0 Å². The summed E-state index contributed by atoms with van der Waals surface area (Å²) in [6.07, 6.45) is 0. The van der Waals surface area contributed by atoms with Crippen LogP contribution in [0.1, 0.15) is 5.56 Å². The number of hydrogen-bond donors (Lipinski definition) is 0. The summed E-state index contributed by atoms with van der Waals surface area (Å²) in [6.45, 7) is 1.90. The first-order valence-electron chi connectivity index (χ1n) is 7.48. The standard InChI is InChI=1S/C19H17NO3S/c1-16-12-14-19(15-13-16)24(21,22)23-20(17-8-4-2-5-9-17)18-10-6-3-7-11-18/h2-15H,1H3. The van der Waals surface area contributed by atoms with Gasteiger partial charge in [0.15, 0.2) is 0 Å². The minimum absolute atomic E-state index is 0.116. The van der Waals surface area contributed by atoms with Crippen LogP contribution >= 0.6 is 0 Å². The molecule has 0 saturated carbocycles. The lowest BCUT2D eigenvalue weighted by atomic mass is 10.2. The van der Waals surface area contributed by atoms with E-state index < -0.39 is 10.1 Å². The third-order valence-corrected chi connectivity index (χ3v) is 4.66. The smallest absolute Gasteiger partial charge is 0.204 e. The van der Waals surface area contributed by atoms with Crippen LogP contribution in [-0.2, 0) is 14.4 Å². The molecule has 0 amide bonds. The van der Waals surface area contributed by atoms with Gasteiger partial charge in [0, 0.05) is 0 Å². The molecule has 0 spiro atoms. The molecular formula is C19H17NO3S. The van der Waals surface area contributed by atoms with E-state index in [9.17, 15) is 8.42 Å². The topological polar surface area (TPSA) is 46.6 Å². The van der Waals surface area contributed by atoms with Gasteiger partial charge in [0.25, 0.3) is 0 Å². The molecule has 122 valence electrons. The van der Waals surface area contributed by atoms with Crippen LogP contribution in [0.3, 0.4) is 0 Å². The first-order chi connectivity index (χ1) is 11.6. The van der Waals surface area contributed by atoms with Gasteiger partial charge in [-0.2, -0.15) is 8.42 Å². The molecular weight excluding hydrogens is 322 g/mol. The Morgan fingerprint density at radius 3 is 1.62 bits per heavy atom. The van der Waals surface area contributed by atoms with Gasteiger partial charge in [-0.3, -0.25) is 0 Å². The van der Waals surface area contributed by atoms with Crippen molar-refractivity contribution in [3.05, 3.63) is 90.5 Å². The van der Waals surface area contributed by atoms with Crippen molar-refractivity contribution in [1.29, 1.82) is 0 Å². The van der Waals surface area contributed by atoms with Gasteiger partial charge in [-0.05, 0) is 43.3 Å². The number of hydrogen-bond acceptors (Lipinski definition) is 4. The number of nitrogens with zero attached hydrogens (tertiary/aromatic N) is 1. The molecule has 0 heterocycles. The normalized spacial score (nSPS) is 11.2. The highest BCUT2D eigenvalue weighted by Gasteiger charge is 2.22. The number of para-hydroxylation sites is 2. The molecule has 0 bridgehead atoms. The summed E-state index contributed by atoms with van der Waals surface area (Å²) in [7, 11) is -3.95. The van der Waals surface area contributed by atoms with Crippen molar-refractivity contribution < 1.29 is 12.7 Å². The summed E-state index contributed by atoms with van der Waals surface area (Å²) in [5.74, 6) is 0. The SMILES string of the molecule is Cc1ccc(S(=O)(=O)ON(c2ccccc2)c2ccccc2)cc1. The zero-order chi connectivity index (χ0) is 17.0. The largest absolute Gasteiger partial charge is 0.318 e. The number of rotatable bonds is 5. The highest BCUT2D eigenvalue weighted by atomic mass is 32.2. The van der Waals surface area contributed by atoms with E-state index in [1.54, 1.807) is 48.5 Å². The fraction of sp³-hybridized carbons (Fsp3) is 0.0526. The monoisotopic (exact) mass is 339 g/mol. The first-order valence-corrected chi connectivity index (χ1v) is 8.88. The molecule has 0 aliphatic rings. The molecule has 0 aromatic heterocycles. The molecule has 24 heavy (non-hydrogen) atoms. The van der Waals surface area contributed by atoms with E-state index >= 15 is 0 Å². The third kappa shape index (κ3) is 3.64. The lowest BCUT2D eigenvalue weighted by Gasteiger charge is -2.23. The lowest BCUT2D eigenvalue weighted by Crippen LogP contribution is -2.22. The van der Waals surface area contributed by atoms with Gasteiger partial charge in [0.05, 0.1) is 16.3 Å². The van der Waals surface area contributed by atoms with Crippen LogP contribution in [0, 0.1) is 6.92 Å². The van der Waals surface area contributed by atoms with Crippen molar-refractivity contribution in [2.45, 2.75) is 11.8 Å². The van der Waals surface area contributed by atoms with E-state index in [1.165, 1.54) is 5.06 Å². The maximum Gasteiger partial charge on any atom is 0.318 e. The first kappa shape index (κ1) is 16.2. The van der Waals surface area contributed by atoms with Crippen molar-refractivity contribution in [3.63, 3.8) is 0 Å². The van der Waals surface area contributed by atoms with Crippen molar-refractivity contribution in [2.75, 3.05) is 5.06 Å². The molecule has 0 fully saturated rings. The lowest BCUT2D eigenvalue weighted by molar-refractivity contribution is 0.323. The molecule has 3 aromatic rings. The van der Waals surface area contributed by atoms with Gasteiger partial charge in [0.2, 0.25) is 0 Å². The van der Waals surface area contributed by atoms with Gasteiger partial charge in [-0.15, -0.1) is 4.28 Å². The molecule has 0 unspecified atom stereocenters. The molecule has 4 nitrogen and oxygen atoms in total. The number of aryl methyl sites for hydroxylation is 1. The van der Waals surface area contributed by atoms with Gasteiger partial charge in [-0.1, -0.05) is 54.1 Å². The second kappa shape index (κ2) is 6.86. The van der Waals surface area contributed by atoms with Crippen LogP contribution in [-0.4, -0.2) is 8.42 Å². The summed E-state index contributed by atoms with van der Waals surface area (Å²) >= 11 is 0. The van der Waals surface area contributed by atoms with E-state index in [1.807, 2.05) is 43.3 Å². The maximum atomic E-state index is 12.6. The second-order valence-corrected chi connectivity index (χ2v) is 6.84. The van der Waals surface area contributed by atoms with Gasteiger partial charge in [-0.25, -0.2) is 5.06 Å². The second-order valence-electron chi connectivity index (χ2n) is 5.31. The third-order valence-electron chi connectivity index (χ3n) is 3.46. The van der Waals surface area contributed by atoms with E-state index in [0.29, 0.717) is 11.4 Å². The van der Waals surface area contributed by atoms with Gasteiger partial charge in [0.1, 0.15) is 0 Å². The number of anilines is 2. The fourth-order valence-electron chi connectivity index (χ4n) is 2.21. The van der Waals surface area contributed by atoms with Crippen LogP contribution in [0.25, 0.3) is 0 Å². The predicted octanol–water partition coefficient (Wildman–Crippen LogP) is 4.45. The maximum absolute atomic E-state index is 12.6. The molecule has 3 aromatic carbocycles. The Balaban J connectivity index is 1.99. The van der Waals surface area contributed by atoms with Gasteiger partial charge >= 0.3 is 10.1 Å². The van der Waals surface area contributed by atoms with Crippen molar-refractivity contribution >= 4 is 21.5 Å². The minimum Gasteiger partial charge on any atom is -0.204 e. The molecule has 0 saturated heterocycles. The number of benzene rings is 3. The Kier molecular flexibility index (Phi) is 4.64. The molecule has 0 aliphatic heterocycles. The van der Waals surface area contributed by atoms with Crippen LogP contribution in [0.5, 0.6) is 0 Å². The summed E-state index contributed by atoms with van der Waals surface area (Å²) in [5.41, 5.74) is 2.23. The average molecular weight is 339 g/mol. The van der Waals surface area contributed by atoms with Crippen LogP contribution in [0.2, 0.25) is 0 Å². The Labute approximate surface area is 142 Å². The predicted molar refractivity (Wildman–Crippen MR) is 94.5 cm³/mol. The molecule has 0 aliphatic carbocycles. The van der Waals surface area contributed by atoms with Crippen LogP contribution < -0.4 is 5.06 Å². The molecule has 0 atom stereocenters. The zero-order valence-corrected chi connectivity index (χ0v) is 14.0. The Hall–Kier alpha value is -2.63. The van der Waals surface area contributed by atoms with Crippen LogP contribution in [0.15, 0.2) is 89.8 Å². The van der Waals surface area contributed by atoms with Crippen molar-refractivity contribution in [1.82, 2.24) is 0 Å². The van der Waals surface area contributed by atoms with E-state index in [4.69, 9.17) is 4.28 Å². The highest BCUT2D eigenvalue weighted by Crippen LogP contribution is 2.28. The summed E-state index contributed by atoms with van der Waals surface area (Å²) in [4.78, 5) is 0.116. The molecule has 5 heteroatoms.